The lowest BCUT2D eigenvalue weighted by molar-refractivity contribution is -0.0125. The van der Waals surface area contributed by atoms with Crippen molar-refractivity contribution in [1.82, 2.24) is 0 Å². The van der Waals surface area contributed by atoms with E-state index in [4.69, 9.17) is 17.0 Å². The maximum Gasteiger partial charge on any atom is 0.0939 e. The maximum atomic E-state index is 9.55. The zero-order valence-electron chi connectivity index (χ0n) is 10.8. The average molecular weight is 232 g/mol. The minimum Gasteiger partial charge on any atom is -0.390 e. The molecule has 0 atom stereocenters. The van der Waals surface area contributed by atoms with E-state index in [1.54, 1.807) is 13.8 Å². The van der Waals surface area contributed by atoms with Crippen LogP contribution in [0.2, 0.25) is 0 Å². The number of hydrogen-bond acceptors (Lipinski definition) is 3. The van der Waals surface area contributed by atoms with Gasteiger partial charge in [0.25, 0.3) is 0 Å². The molecule has 0 unspecified atom stereocenters. The lowest BCUT2D eigenvalue weighted by atomic mass is 9.95. The van der Waals surface area contributed by atoms with E-state index in [9.17, 15) is 5.11 Å². The van der Waals surface area contributed by atoms with Gasteiger partial charge in [0.1, 0.15) is 0 Å². The summed E-state index contributed by atoms with van der Waals surface area (Å²) in [6.45, 7) is 12.2. The molecule has 0 saturated heterocycles. The molecular weight excluding hydrogens is 208 g/mol. The van der Waals surface area contributed by atoms with Crippen LogP contribution in [0.25, 0.3) is 0 Å². The summed E-state index contributed by atoms with van der Waals surface area (Å²) in [5, 5.41) is 9.55. The van der Waals surface area contributed by atoms with Crippen LogP contribution in [0, 0.1) is 5.92 Å². The summed E-state index contributed by atoms with van der Waals surface area (Å²) in [6, 6.07) is 0. The van der Waals surface area contributed by atoms with Gasteiger partial charge in [0.2, 0.25) is 0 Å². The fourth-order valence-corrected chi connectivity index (χ4v) is 1.38. The van der Waals surface area contributed by atoms with E-state index in [0.717, 1.165) is 4.86 Å². The zero-order valence-corrected chi connectivity index (χ0v) is 11.6. The first-order valence-electron chi connectivity index (χ1n) is 5.47. The molecule has 0 aliphatic carbocycles. The van der Waals surface area contributed by atoms with Gasteiger partial charge in [-0.3, -0.25) is 0 Å². The van der Waals surface area contributed by atoms with Crippen LogP contribution in [0.1, 0.15) is 48.0 Å². The van der Waals surface area contributed by atoms with Gasteiger partial charge >= 0.3 is 0 Å². The highest BCUT2D eigenvalue weighted by atomic mass is 32.1. The van der Waals surface area contributed by atoms with Gasteiger partial charge in [-0.15, -0.1) is 0 Å². The van der Waals surface area contributed by atoms with Crippen LogP contribution >= 0.6 is 12.2 Å². The van der Waals surface area contributed by atoms with Crippen molar-refractivity contribution in [1.29, 1.82) is 0 Å². The molecule has 0 aromatic heterocycles. The predicted octanol–water partition coefficient (Wildman–Crippen LogP) is 2.97. The number of hydrogen-bond donors (Lipinski definition) is 1. The molecule has 0 heterocycles. The molecule has 0 spiro atoms. The Hall–Kier alpha value is 0.0100. The molecule has 3 heteroatoms. The van der Waals surface area contributed by atoms with Gasteiger partial charge < -0.3 is 9.84 Å². The standard InChI is InChI=1S/C12H24O2S/c1-9(2)10(15)12(5,6)14-8-7-11(3,4)13/h9,13H,7-8H2,1-6H3. The first-order valence-corrected chi connectivity index (χ1v) is 5.88. The van der Waals surface area contributed by atoms with E-state index in [0.29, 0.717) is 18.9 Å². The maximum absolute atomic E-state index is 9.55. The Morgan fingerprint density at radius 3 is 2.07 bits per heavy atom. The molecule has 0 aliphatic rings. The van der Waals surface area contributed by atoms with E-state index in [2.05, 4.69) is 13.8 Å². The lowest BCUT2D eigenvalue weighted by Gasteiger charge is -2.30. The highest BCUT2D eigenvalue weighted by Crippen LogP contribution is 2.19. The predicted molar refractivity (Wildman–Crippen MR) is 68.4 cm³/mol. The molecule has 0 saturated carbocycles. The highest BCUT2D eigenvalue weighted by molar-refractivity contribution is 7.80. The molecule has 1 N–H and O–H groups in total. The molecule has 0 aromatic rings. The Balaban J connectivity index is 4.11. The SMILES string of the molecule is CC(C)C(=S)C(C)(C)OCCC(C)(C)O. The lowest BCUT2D eigenvalue weighted by Crippen LogP contribution is -2.38. The minimum atomic E-state index is -0.671. The van der Waals surface area contributed by atoms with Crippen LogP contribution in [0.5, 0.6) is 0 Å². The van der Waals surface area contributed by atoms with Gasteiger partial charge in [0.05, 0.1) is 17.8 Å². The molecule has 0 aromatic carbocycles. The van der Waals surface area contributed by atoms with Crippen molar-refractivity contribution in [2.24, 2.45) is 5.92 Å². The first kappa shape index (κ1) is 15.0. The van der Waals surface area contributed by atoms with E-state index in [1.165, 1.54) is 0 Å². The van der Waals surface area contributed by atoms with E-state index < -0.39 is 5.60 Å². The Bertz CT molecular complexity index is 214. The Morgan fingerprint density at radius 1 is 1.27 bits per heavy atom. The third-order valence-electron chi connectivity index (χ3n) is 2.29. The van der Waals surface area contributed by atoms with Crippen LogP contribution < -0.4 is 0 Å². The monoisotopic (exact) mass is 232 g/mol. The van der Waals surface area contributed by atoms with Crippen molar-refractivity contribution < 1.29 is 9.84 Å². The highest BCUT2D eigenvalue weighted by Gasteiger charge is 2.27. The summed E-state index contributed by atoms with van der Waals surface area (Å²) in [5.41, 5.74) is -1.05. The normalized spacial score (nSPS) is 13.3. The summed E-state index contributed by atoms with van der Waals surface area (Å²) in [6.07, 6.45) is 0.622. The molecule has 90 valence electrons. The van der Waals surface area contributed by atoms with Crippen molar-refractivity contribution in [3.8, 4) is 0 Å². The van der Waals surface area contributed by atoms with Gasteiger partial charge in [-0.25, -0.2) is 0 Å². The summed E-state index contributed by atoms with van der Waals surface area (Å²) in [4.78, 5) is 0.929. The Kier molecular flexibility index (Phi) is 5.38. The van der Waals surface area contributed by atoms with Gasteiger partial charge in [-0.05, 0) is 40.0 Å². The molecule has 15 heavy (non-hydrogen) atoms. The second-order valence-electron chi connectivity index (χ2n) is 5.44. The van der Waals surface area contributed by atoms with Crippen LogP contribution in [0.4, 0.5) is 0 Å². The van der Waals surface area contributed by atoms with Crippen molar-refractivity contribution in [2.45, 2.75) is 59.2 Å². The molecule has 0 aliphatic heterocycles. The molecule has 0 amide bonds. The van der Waals surface area contributed by atoms with E-state index in [-0.39, 0.29) is 5.60 Å². The minimum absolute atomic E-state index is 0.345. The van der Waals surface area contributed by atoms with Gasteiger partial charge in [0.15, 0.2) is 0 Å². The number of aliphatic hydroxyl groups is 1. The quantitative estimate of drug-likeness (QED) is 0.714. The molecule has 0 fully saturated rings. The molecule has 0 bridgehead atoms. The smallest absolute Gasteiger partial charge is 0.0939 e. The Labute approximate surface area is 99.0 Å². The van der Waals surface area contributed by atoms with Crippen LogP contribution in [-0.2, 0) is 4.74 Å². The van der Waals surface area contributed by atoms with Gasteiger partial charge in [0, 0.05) is 4.86 Å². The van der Waals surface area contributed by atoms with Crippen molar-refractivity contribution in [2.75, 3.05) is 6.61 Å². The van der Waals surface area contributed by atoms with E-state index in [1.807, 2.05) is 13.8 Å². The average Bonchev–Trinajstić information content (AvgIpc) is 1.99. The Morgan fingerprint density at radius 2 is 1.73 bits per heavy atom. The topological polar surface area (TPSA) is 29.5 Å². The third-order valence-corrected chi connectivity index (χ3v) is 3.26. The molecule has 2 nitrogen and oxygen atoms in total. The number of thiocarbonyl (C=S) groups is 1. The van der Waals surface area contributed by atoms with Crippen LogP contribution in [0.15, 0.2) is 0 Å². The summed E-state index contributed by atoms with van der Waals surface area (Å²) in [5.74, 6) is 0.345. The molecule has 0 radical (unpaired) electrons. The van der Waals surface area contributed by atoms with Crippen molar-refractivity contribution >= 4 is 17.1 Å². The van der Waals surface area contributed by atoms with Gasteiger partial charge in [-0.1, -0.05) is 26.1 Å². The summed E-state index contributed by atoms with van der Waals surface area (Å²) in [7, 11) is 0. The fraction of sp³-hybridized carbons (Fsp3) is 0.917. The van der Waals surface area contributed by atoms with Crippen LogP contribution in [0.3, 0.4) is 0 Å². The molecule has 0 rings (SSSR count). The van der Waals surface area contributed by atoms with Crippen LogP contribution in [-0.4, -0.2) is 27.8 Å². The second-order valence-corrected chi connectivity index (χ2v) is 5.88. The van der Waals surface area contributed by atoms with E-state index >= 15 is 0 Å². The number of ether oxygens (including phenoxy) is 1. The third kappa shape index (κ3) is 6.23. The zero-order chi connectivity index (χ0) is 12.3. The van der Waals surface area contributed by atoms with Crippen molar-refractivity contribution in [3.05, 3.63) is 0 Å². The summed E-state index contributed by atoms with van der Waals surface area (Å²) < 4.78 is 5.73. The summed E-state index contributed by atoms with van der Waals surface area (Å²) >= 11 is 5.33. The first-order chi connectivity index (χ1) is 6.56. The van der Waals surface area contributed by atoms with Crippen molar-refractivity contribution in [3.63, 3.8) is 0 Å². The van der Waals surface area contributed by atoms with Gasteiger partial charge in [-0.2, -0.15) is 0 Å². The molecular formula is C12H24O2S. The fourth-order valence-electron chi connectivity index (χ4n) is 1.32. The largest absolute Gasteiger partial charge is 0.390 e. The number of rotatable bonds is 6. The second kappa shape index (κ2) is 5.37.